The number of carbonyl (C=O) groups excluding carboxylic acids is 2. The van der Waals surface area contributed by atoms with E-state index in [2.05, 4.69) is 20.8 Å². The molecule has 0 aliphatic carbocycles. The zero-order valence-electron chi connectivity index (χ0n) is 17.7. The largest absolute Gasteiger partial charge is 0.494 e. The summed E-state index contributed by atoms with van der Waals surface area (Å²) >= 11 is 0. The zero-order chi connectivity index (χ0) is 23.4. The van der Waals surface area contributed by atoms with Crippen molar-refractivity contribution in [2.75, 3.05) is 0 Å². The van der Waals surface area contributed by atoms with Gasteiger partial charge in [0.25, 0.3) is 5.91 Å². The number of aromatic hydroxyl groups is 1. The quantitative estimate of drug-likeness (QED) is 0.309. The average Bonchev–Trinajstić information content (AvgIpc) is 3.50. The Bertz CT molecular complexity index is 1600. The van der Waals surface area contributed by atoms with Gasteiger partial charge >= 0.3 is 6.03 Å². The van der Waals surface area contributed by atoms with Gasteiger partial charge in [0.2, 0.25) is 0 Å². The van der Waals surface area contributed by atoms with Crippen LogP contribution in [0.2, 0.25) is 0 Å². The van der Waals surface area contributed by atoms with E-state index in [1.807, 2.05) is 30.3 Å². The van der Waals surface area contributed by atoms with Crippen LogP contribution in [0.3, 0.4) is 0 Å². The summed E-state index contributed by atoms with van der Waals surface area (Å²) in [5.41, 5.74) is 1.89. The van der Waals surface area contributed by atoms with Crippen molar-refractivity contribution in [3.8, 4) is 17.0 Å². The first kappa shape index (κ1) is 20.0. The summed E-state index contributed by atoms with van der Waals surface area (Å²) in [5, 5.41) is 24.6. The van der Waals surface area contributed by atoms with Crippen LogP contribution in [0.4, 0.5) is 9.18 Å². The molecule has 0 unspecified atom stereocenters. The molecular weight excluding hydrogens is 437 g/mol. The molecule has 5 aromatic rings. The van der Waals surface area contributed by atoms with Crippen molar-refractivity contribution in [1.82, 2.24) is 25.4 Å². The molecule has 3 aromatic carbocycles. The molecule has 8 nitrogen and oxygen atoms in total. The molecule has 1 fully saturated rings. The molecule has 0 radical (unpaired) electrons. The van der Waals surface area contributed by atoms with E-state index in [1.165, 1.54) is 16.7 Å². The number of rotatable bonds is 4. The number of carbonyl (C=O) groups is 2. The number of benzene rings is 3. The number of H-pyrrole nitrogens is 1. The molecule has 1 atom stereocenters. The monoisotopic (exact) mass is 455 g/mol. The first-order valence-corrected chi connectivity index (χ1v) is 10.6. The van der Waals surface area contributed by atoms with Crippen LogP contribution in [0.5, 0.6) is 5.88 Å². The molecule has 3 heterocycles. The highest BCUT2D eigenvalue weighted by molar-refractivity contribution is 6.07. The molecule has 1 aliphatic heterocycles. The summed E-state index contributed by atoms with van der Waals surface area (Å²) in [6.07, 6.45) is 3.37. The lowest BCUT2D eigenvalue weighted by molar-refractivity contribution is -0.124. The maximum absolute atomic E-state index is 13.7. The Morgan fingerprint density at radius 2 is 1.74 bits per heavy atom. The predicted molar refractivity (Wildman–Crippen MR) is 123 cm³/mol. The van der Waals surface area contributed by atoms with Gasteiger partial charge in [0.05, 0.1) is 18.3 Å². The first-order valence-electron chi connectivity index (χ1n) is 10.6. The number of nitrogens with one attached hydrogen (secondary N) is 3. The highest BCUT2D eigenvalue weighted by atomic mass is 19.1. The van der Waals surface area contributed by atoms with Gasteiger partial charge in [-0.25, -0.2) is 9.18 Å². The SMILES string of the molecule is O=C1NC(=O)[C@](Cn2cc3ccc(F)cc3c2O)(c2ccc(-c3ccc4cn[nH]c4c3)cc2)N1. The normalized spacial score (nSPS) is 17.9. The third kappa shape index (κ3) is 3.01. The number of hydrogen-bond donors (Lipinski definition) is 4. The maximum atomic E-state index is 13.7. The molecule has 1 saturated heterocycles. The summed E-state index contributed by atoms with van der Waals surface area (Å²) in [7, 11) is 0. The van der Waals surface area contributed by atoms with Crippen LogP contribution in [0, 0.1) is 5.82 Å². The van der Waals surface area contributed by atoms with Crippen LogP contribution in [-0.4, -0.2) is 31.8 Å². The Balaban J connectivity index is 1.41. The van der Waals surface area contributed by atoms with Gasteiger partial charge in [0.15, 0.2) is 11.4 Å². The molecular formula is C25H18FN5O3. The van der Waals surface area contributed by atoms with E-state index in [0.717, 1.165) is 22.0 Å². The third-order valence-corrected chi connectivity index (χ3v) is 6.33. The summed E-state index contributed by atoms with van der Waals surface area (Å²) < 4.78 is 15.1. The number of imide groups is 1. The molecule has 6 rings (SSSR count). The van der Waals surface area contributed by atoms with Crippen LogP contribution >= 0.6 is 0 Å². The van der Waals surface area contributed by atoms with Crippen molar-refractivity contribution >= 4 is 33.6 Å². The molecule has 1 aliphatic rings. The second-order valence-corrected chi connectivity index (χ2v) is 8.38. The van der Waals surface area contributed by atoms with Crippen molar-refractivity contribution in [3.05, 3.63) is 84.4 Å². The van der Waals surface area contributed by atoms with Crippen molar-refractivity contribution in [2.24, 2.45) is 0 Å². The predicted octanol–water partition coefficient (Wildman–Crippen LogP) is 3.76. The lowest BCUT2D eigenvalue weighted by Crippen LogP contribution is -2.47. The molecule has 3 amide bonds. The highest BCUT2D eigenvalue weighted by Crippen LogP contribution is 2.34. The Kier molecular flexibility index (Phi) is 4.22. The zero-order valence-corrected chi connectivity index (χ0v) is 17.7. The Labute approximate surface area is 192 Å². The minimum atomic E-state index is -1.45. The molecule has 0 bridgehead atoms. The van der Waals surface area contributed by atoms with E-state index in [0.29, 0.717) is 16.3 Å². The maximum Gasteiger partial charge on any atom is 0.322 e. The van der Waals surface area contributed by atoms with Crippen molar-refractivity contribution in [3.63, 3.8) is 0 Å². The standard InChI is InChI=1S/C25H18FN5O3/c26-19-8-5-17-12-31(22(32)20(17)10-19)13-25(23(33)28-24(34)29-25)18-6-3-14(4-7-18)15-1-2-16-11-27-30-21(16)9-15/h1-12,32H,13H2,(H,27,30)(H2,28,29,33,34)/t25-/m0/s1. The van der Waals surface area contributed by atoms with Crippen LogP contribution in [0.15, 0.2) is 73.1 Å². The number of nitrogens with zero attached hydrogens (tertiary/aromatic N) is 2. The molecule has 168 valence electrons. The summed E-state index contributed by atoms with van der Waals surface area (Å²) in [5.74, 6) is -1.20. The van der Waals surface area contributed by atoms with Crippen LogP contribution in [-0.2, 0) is 16.9 Å². The second-order valence-electron chi connectivity index (χ2n) is 8.38. The Morgan fingerprint density at radius 1 is 0.971 bits per heavy atom. The van der Waals surface area contributed by atoms with E-state index >= 15 is 0 Å². The molecule has 4 N–H and O–H groups in total. The summed E-state index contributed by atoms with van der Waals surface area (Å²) in [6, 6.07) is 16.7. The van der Waals surface area contributed by atoms with E-state index in [1.54, 1.807) is 30.6 Å². The average molecular weight is 455 g/mol. The number of fused-ring (bicyclic) bond motifs is 2. The van der Waals surface area contributed by atoms with Gasteiger partial charge in [0.1, 0.15) is 5.82 Å². The number of urea groups is 1. The number of aromatic amines is 1. The van der Waals surface area contributed by atoms with Gasteiger partial charge < -0.3 is 15.0 Å². The van der Waals surface area contributed by atoms with Crippen LogP contribution < -0.4 is 10.6 Å². The molecule has 34 heavy (non-hydrogen) atoms. The van der Waals surface area contributed by atoms with Crippen molar-refractivity contribution in [2.45, 2.75) is 12.1 Å². The topological polar surface area (TPSA) is 112 Å². The number of halogens is 1. The smallest absolute Gasteiger partial charge is 0.322 e. The Morgan fingerprint density at radius 3 is 2.50 bits per heavy atom. The fourth-order valence-electron chi connectivity index (χ4n) is 4.56. The van der Waals surface area contributed by atoms with E-state index < -0.39 is 23.3 Å². The third-order valence-electron chi connectivity index (χ3n) is 6.33. The van der Waals surface area contributed by atoms with E-state index in [4.69, 9.17) is 0 Å². The molecule has 9 heteroatoms. The van der Waals surface area contributed by atoms with E-state index in [9.17, 15) is 19.1 Å². The second kappa shape index (κ2) is 7.17. The number of amides is 3. The van der Waals surface area contributed by atoms with Crippen LogP contribution in [0.1, 0.15) is 5.56 Å². The first-order chi connectivity index (χ1) is 16.4. The summed E-state index contributed by atoms with van der Waals surface area (Å²) in [6.45, 7) is -0.0772. The summed E-state index contributed by atoms with van der Waals surface area (Å²) in [4.78, 5) is 25.2. The highest BCUT2D eigenvalue weighted by Gasteiger charge is 2.48. The molecule has 0 saturated carbocycles. The van der Waals surface area contributed by atoms with Crippen molar-refractivity contribution < 1.29 is 19.1 Å². The minimum Gasteiger partial charge on any atom is -0.494 e. The van der Waals surface area contributed by atoms with Gasteiger partial charge in [-0.2, -0.15) is 5.10 Å². The van der Waals surface area contributed by atoms with Gasteiger partial charge in [-0.15, -0.1) is 0 Å². The van der Waals surface area contributed by atoms with E-state index in [-0.39, 0.29) is 12.4 Å². The minimum absolute atomic E-state index is 0.0772. The lowest BCUT2D eigenvalue weighted by Gasteiger charge is -2.27. The number of hydrogen-bond acceptors (Lipinski definition) is 4. The number of aromatic nitrogens is 3. The van der Waals surface area contributed by atoms with Gasteiger partial charge in [0, 0.05) is 22.4 Å². The fourth-order valence-corrected chi connectivity index (χ4v) is 4.56. The van der Waals surface area contributed by atoms with Gasteiger partial charge in [-0.1, -0.05) is 36.4 Å². The Hall–Kier alpha value is -4.66. The van der Waals surface area contributed by atoms with Crippen LogP contribution in [0.25, 0.3) is 32.8 Å². The molecule has 0 spiro atoms. The lowest BCUT2D eigenvalue weighted by atomic mass is 9.88. The fraction of sp³-hybridized carbons (Fsp3) is 0.0800. The van der Waals surface area contributed by atoms with Gasteiger partial charge in [-0.3, -0.25) is 15.2 Å². The van der Waals surface area contributed by atoms with Gasteiger partial charge in [-0.05, 0) is 41.0 Å². The van der Waals surface area contributed by atoms with Crippen molar-refractivity contribution in [1.29, 1.82) is 0 Å². The molecule has 2 aromatic heterocycles.